The van der Waals surface area contributed by atoms with Gasteiger partial charge in [0.1, 0.15) is 0 Å². The minimum Gasteiger partial charge on any atom is -0.325 e. The Labute approximate surface area is 189 Å². The lowest BCUT2D eigenvalue weighted by molar-refractivity contribution is -0.122. The van der Waals surface area contributed by atoms with E-state index in [-0.39, 0.29) is 30.6 Å². The fourth-order valence-corrected chi connectivity index (χ4v) is 3.85. The van der Waals surface area contributed by atoms with Crippen molar-refractivity contribution in [3.63, 3.8) is 0 Å². The monoisotopic (exact) mass is 452 g/mol. The first-order valence-corrected chi connectivity index (χ1v) is 10.4. The summed E-state index contributed by atoms with van der Waals surface area (Å²) in [5.74, 6) is -1.25. The molecule has 2 amide bonds. The number of nitrogens with one attached hydrogen (secondary N) is 1. The molecule has 5 nitrogen and oxygen atoms in total. The van der Waals surface area contributed by atoms with E-state index in [4.69, 9.17) is 23.2 Å². The van der Waals surface area contributed by atoms with Gasteiger partial charge in [-0.1, -0.05) is 53.5 Å². The molecule has 1 fully saturated rings. The van der Waals surface area contributed by atoms with Gasteiger partial charge in [0.15, 0.2) is 5.78 Å². The third kappa shape index (κ3) is 4.63. The number of amides is 2. The number of halogens is 2. The zero-order valence-corrected chi connectivity index (χ0v) is 17.9. The Hall–Kier alpha value is -3.15. The summed E-state index contributed by atoms with van der Waals surface area (Å²) in [7, 11) is 0. The van der Waals surface area contributed by atoms with Crippen LogP contribution in [0.3, 0.4) is 0 Å². The van der Waals surface area contributed by atoms with Crippen molar-refractivity contribution in [3.8, 4) is 0 Å². The Kier molecular flexibility index (Phi) is 6.07. The summed E-state index contributed by atoms with van der Waals surface area (Å²) in [4.78, 5) is 39.9. The molecule has 1 heterocycles. The molecule has 0 aliphatic carbocycles. The normalized spacial score (nSPS) is 15.7. The Balaban J connectivity index is 1.53. The molecule has 0 spiro atoms. The van der Waals surface area contributed by atoms with Crippen LogP contribution in [0.5, 0.6) is 0 Å². The molecule has 1 unspecified atom stereocenters. The Morgan fingerprint density at radius 2 is 1.58 bits per heavy atom. The Bertz CT molecular complexity index is 1150. The van der Waals surface area contributed by atoms with Gasteiger partial charge in [0.2, 0.25) is 11.8 Å². The number of rotatable bonds is 5. The van der Waals surface area contributed by atoms with E-state index in [0.29, 0.717) is 32.5 Å². The minimum absolute atomic E-state index is 0.0873. The van der Waals surface area contributed by atoms with Gasteiger partial charge in [0.05, 0.1) is 11.6 Å². The third-order valence-corrected chi connectivity index (χ3v) is 5.64. The van der Waals surface area contributed by atoms with E-state index in [2.05, 4.69) is 5.32 Å². The average molecular weight is 453 g/mol. The molecule has 156 valence electrons. The summed E-state index contributed by atoms with van der Waals surface area (Å²) in [6.45, 7) is 0.252. The molecular formula is C24H18Cl2N2O3. The van der Waals surface area contributed by atoms with Crippen molar-refractivity contribution in [2.75, 3.05) is 16.8 Å². The van der Waals surface area contributed by atoms with Gasteiger partial charge in [-0.2, -0.15) is 0 Å². The molecule has 1 atom stereocenters. The van der Waals surface area contributed by atoms with Crippen LogP contribution in [0.2, 0.25) is 10.0 Å². The second-order valence-corrected chi connectivity index (χ2v) is 8.13. The standard InChI is InChI=1S/C24H18Cl2N2O3/c25-17-6-9-19(10-7-17)28-14-16(12-22(28)29)24(31)27-21-11-8-18(26)13-20(21)23(30)15-4-2-1-3-5-15/h1-11,13,16H,12,14H2,(H,27,31). The lowest BCUT2D eigenvalue weighted by Crippen LogP contribution is -2.28. The highest BCUT2D eigenvalue weighted by molar-refractivity contribution is 6.31. The van der Waals surface area contributed by atoms with E-state index >= 15 is 0 Å². The van der Waals surface area contributed by atoms with Crippen molar-refractivity contribution in [2.24, 2.45) is 5.92 Å². The molecule has 1 aliphatic heterocycles. The van der Waals surface area contributed by atoms with E-state index in [1.54, 1.807) is 65.6 Å². The van der Waals surface area contributed by atoms with Crippen LogP contribution in [0.4, 0.5) is 11.4 Å². The molecule has 7 heteroatoms. The van der Waals surface area contributed by atoms with Gasteiger partial charge in [-0.3, -0.25) is 14.4 Å². The number of anilines is 2. The van der Waals surface area contributed by atoms with Gasteiger partial charge in [-0.15, -0.1) is 0 Å². The molecular weight excluding hydrogens is 435 g/mol. The van der Waals surface area contributed by atoms with Crippen molar-refractivity contribution < 1.29 is 14.4 Å². The number of hydrogen-bond donors (Lipinski definition) is 1. The molecule has 1 N–H and O–H groups in total. The van der Waals surface area contributed by atoms with Crippen molar-refractivity contribution in [2.45, 2.75) is 6.42 Å². The van der Waals surface area contributed by atoms with Crippen molar-refractivity contribution >= 4 is 52.2 Å². The second-order valence-electron chi connectivity index (χ2n) is 7.26. The van der Waals surface area contributed by atoms with Crippen molar-refractivity contribution in [1.82, 2.24) is 0 Å². The quantitative estimate of drug-likeness (QED) is 0.539. The maximum Gasteiger partial charge on any atom is 0.229 e. The van der Waals surface area contributed by atoms with E-state index in [1.165, 1.54) is 6.07 Å². The number of hydrogen-bond acceptors (Lipinski definition) is 3. The minimum atomic E-state index is -0.543. The SMILES string of the molecule is O=C(c1ccccc1)c1cc(Cl)ccc1NC(=O)C1CC(=O)N(c2ccc(Cl)cc2)C1. The van der Waals surface area contributed by atoms with Crippen LogP contribution in [0.25, 0.3) is 0 Å². The fraction of sp³-hybridized carbons (Fsp3) is 0.125. The van der Waals surface area contributed by atoms with Gasteiger partial charge in [-0.25, -0.2) is 0 Å². The zero-order valence-electron chi connectivity index (χ0n) is 16.3. The molecule has 1 aliphatic rings. The van der Waals surface area contributed by atoms with Crippen LogP contribution in [0.1, 0.15) is 22.3 Å². The van der Waals surface area contributed by atoms with Crippen LogP contribution in [-0.2, 0) is 9.59 Å². The Morgan fingerprint density at radius 3 is 2.29 bits per heavy atom. The molecule has 3 aromatic rings. The second kappa shape index (κ2) is 8.92. The Morgan fingerprint density at radius 1 is 0.903 bits per heavy atom. The smallest absolute Gasteiger partial charge is 0.229 e. The molecule has 0 radical (unpaired) electrons. The van der Waals surface area contributed by atoms with Gasteiger partial charge in [0.25, 0.3) is 0 Å². The number of carbonyl (C=O) groups excluding carboxylic acids is 3. The largest absolute Gasteiger partial charge is 0.325 e. The lowest BCUT2D eigenvalue weighted by atomic mass is 10.0. The predicted molar refractivity (Wildman–Crippen MR) is 122 cm³/mol. The van der Waals surface area contributed by atoms with Gasteiger partial charge < -0.3 is 10.2 Å². The van der Waals surface area contributed by atoms with Crippen LogP contribution < -0.4 is 10.2 Å². The molecule has 4 rings (SSSR count). The maximum atomic E-state index is 13.0. The number of nitrogens with zero attached hydrogens (tertiary/aromatic N) is 1. The third-order valence-electron chi connectivity index (χ3n) is 5.15. The van der Waals surface area contributed by atoms with Gasteiger partial charge >= 0.3 is 0 Å². The topological polar surface area (TPSA) is 66.5 Å². The first kappa shape index (κ1) is 21.1. The first-order valence-electron chi connectivity index (χ1n) is 9.68. The molecule has 1 saturated heterocycles. The highest BCUT2D eigenvalue weighted by Gasteiger charge is 2.35. The van der Waals surface area contributed by atoms with E-state index in [0.717, 1.165) is 0 Å². The average Bonchev–Trinajstić information content (AvgIpc) is 3.17. The number of carbonyl (C=O) groups is 3. The maximum absolute atomic E-state index is 13.0. The first-order chi connectivity index (χ1) is 14.9. The fourth-order valence-electron chi connectivity index (χ4n) is 3.55. The summed E-state index contributed by atoms with van der Waals surface area (Å²) in [6.07, 6.45) is 0.0873. The highest BCUT2D eigenvalue weighted by Crippen LogP contribution is 2.29. The summed E-state index contributed by atoms with van der Waals surface area (Å²) in [5, 5.41) is 3.78. The summed E-state index contributed by atoms with van der Waals surface area (Å²) < 4.78 is 0. The van der Waals surface area contributed by atoms with Crippen molar-refractivity contribution in [3.05, 3.63) is 94.0 Å². The summed E-state index contributed by atoms with van der Waals surface area (Å²) >= 11 is 12.0. The molecule has 3 aromatic carbocycles. The summed E-state index contributed by atoms with van der Waals surface area (Å²) in [5.41, 5.74) is 1.84. The molecule has 0 bridgehead atoms. The highest BCUT2D eigenvalue weighted by atomic mass is 35.5. The van der Waals surface area contributed by atoms with E-state index in [1.807, 2.05) is 6.07 Å². The molecule has 31 heavy (non-hydrogen) atoms. The lowest BCUT2D eigenvalue weighted by Gasteiger charge is -2.17. The van der Waals surface area contributed by atoms with Crippen LogP contribution in [-0.4, -0.2) is 24.1 Å². The van der Waals surface area contributed by atoms with Crippen LogP contribution >= 0.6 is 23.2 Å². The van der Waals surface area contributed by atoms with Gasteiger partial charge in [-0.05, 0) is 42.5 Å². The molecule has 0 saturated carbocycles. The van der Waals surface area contributed by atoms with Gasteiger partial charge in [0, 0.05) is 39.8 Å². The number of benzene rings is 3. The predicted octanol–water partition coefficient (Wildman–Crippen LogP) is 5.22. The molecule has 0 aromatic heterocycles. The van der Waals surface area contributed by atoms with E-state index in [9.17, 15) is 14.4 Å². The van der Waals surface area contributed by atoms with E-state index < -0.39 is 5.92 Å². The van der Waals surface area contributed by atoms with Crippen molar-refractivity contribution in [1.29, 1.82) is 0 Å². The number of ketones is 1. The van der Waals surface area contributed by atoms with Crippen LogP contribution in [0.15, 0.2) is 72.8 Å². The zero-order chi connectivity index (χ0) is 22.0. The van der Waals surface area contributed by atoms with Crippen LogP contribution in [0, 0.1) is 5.92 Å². The summed E-state index contributed by atoms with van der Waals surface area (Å²) in [6, 6.07) is 20.4.